The van der Waals surface area contributed by atoms with E-state index < -0.39 is 11.2 Å². The minimum atomic E-state index is -0.543. The predicted octanol–water partition coefficient (Wildman–Crippen LogP) is 3.84. The van der Waals surface area contributed by atoms with Gasteiger partial charge in [-0.05, 0) is 78.9 Å². The number of piperidine rings is 2. The van der Waals surface area contributed by atoms with Crippen molar-refractivity contribution in [2.75, 3.05) is 39.8 Å². The number of methoxy groups -OCH3 is 1. The van der Waals surface area contributed by atoms with Crippen LogP contribution in [0.5, 0.6) is 11.5 Å². The number of carbonyl (C=O) groups excluding carboxylic acids is 1. The van der Waals surface area contributed by atoms with Crippen molar-refractivity contribution in [1.82, 2.24) is 28.9 Å². The van der Waals surface area contributed by atoms with Crippen molar-refractivity contribution in [2.45, 2.75) is 31.8 Å². The van der Waals surface area contributed by atoms with Crippen LogP contribution in [0.2, 0.25) is 0 Å². The molecule has 2 aliphatic heterocycles. The fraction of sp³-hybridized carbons (Fsp3) is 0.342. The lowest BCUT2D eigenvalue weighted by Gasteiger charge is -2.37. The average molecular weight is 677 g/mol. The molecule has 0 bridgehead atoms. The number of aromatic nitrogens is 4. The molecule has 5 heterocycles. The molecule has 3 aromatic heterocycles. The number of rotatable bonds is 8. The van der Waals surface area contributed by atoms with Crippen LogP contribution in [-0.2, 0) is 7.05 Å². The molecule has 0 aliphatic carbocycles. The van der Waals surface area contributed by atoms with E-state index in [9.17, 15) is 19.2 Å². The summed E-state index contributed by atoms with van der Waals surface area (Å²) < 4.78 is 15.1. The van der Waals surface area contributed by atoms with Gasteiger partial charge in [-0.1, -0.05) is 12.1 Å². The molecule has 2 fully saturated rings. The molecular weight excluding hydrogens is 636 g/mol. The van der Waals surface area contributed by atoms with Crippen LogP contribution in [0.3, 0.4) is 0 Å². The molecule has 0 radical (unpaired) electrons. The van der Waals surface area contributed by atoms with Crippen LogP contribution in [0.4, 0.5) is 0 Å². The highest BCUT2D eigenvalue weighted by atomic mass is 16.5. The Morgan fingerprint density at radius 3 is 2.48 bits per heavy atom. The van der Waals surface area contributed by atoms with Crippen molar-refractivity contribution in [3.05, 3.63) is 116 Å². The van der Waals surface area contributed by atoms with Gasteiger partial charge in [0.25, 0.3) is 17.0 Å². The second-order valence-electron chi connectivity index (χ2n) is 13.1. The highest BCUT2D eigenvalue weighted by molar-refractivity contribution is 5.96. The number of pyridine rings is 2. The smallest absolute Gasteiger partial charge is 0.332 e. The van der Waals surface area contributed by atoms with Crippen LogP contribution in [0.25, 0.3) is 27.6 Å². The minimum absolute atomic E-state index is 0.0517. The van der Waals surface area contributed by atoms with Gasteiger partial charge >= 0.3 is 5.69 Å². The third kappa shape index (κ3) is 6.84. The number of hydrogen-bond donors (Lipinski definition) is 1. The number of benzene rings is 2. The van der Waals surface area contributed by atoms with Gasteiger partial charge in [0.1, 0.15) is 6.10 Å². The Kier molecular flexibility index (Phi) is 9.36. The molecule has 2 aliphatic rings. The van der Waals surface area contributed by atoms with Gasteiger partial charge in [-0.3, -0.25) is 28.9 Å². The van der Waals surface area contributed by atoms with Crippen LogP contribution in [-0.4, -0.2) is 80.7 Å². The zero-order chi connectivity index (χ0) is 34.8. The van der Waals surface area contributed by atoms with Gasteiger partial charge in [0.15, 0.2) is 11.5 Å². The Bertz CT molecular complexity index is 2210. The maximum Gasteiger partial charge on any atom is 0.332 e. The van der Waals surface area contributed by atoms with Crippen molar-refractivity contribution in [1.29, 1.82) is 0 Å². The van der Waals surface area contributed by atoms with E-state index >= 15 is 0 Å². The zero-order valence-electron chi connectivity index (χ0n) is 28.2. The van der Waals surface area contributed by atoms with Crippen LogP contribution in [0.1, 0.15) is 36.0 Å². The van der Waals surface area contributed by atoms with E-state index in [4.69, 9.17) is 9.47 Å². The summed E-state index contributed by atoms with van der Waals surface area (Å²) in [6.07, 6.45) is 10.3. The van der Waals surface area contributed by atoms with Crippen molar-refractivity contribution in [3.63, 3.8) is 0 Å². The maximum absolute atomic E-state index is 13.4. The van der Waals surface area contributed by atoms with Crippen LogP contribution in [0, 0.1) is 5.92 Å². The molecule has 12 heteroatoms. The first kappa shape index (κ1) is 33.0. The zero-order valence-corrected chi connectivity index (χ0v) is 28.2. The first-order valence-corrected chi connectivity index (χ1v) is 17.0. The maximum atomic E-state index is 13.4. The lowest BCUT2D eigenvalue weighted by molar-refractivity contribution is 0.0603. The molecule has 5 aromatic rings. The summed E-state index contributed by atoms with van der Waals surface area (Å²) in [5, 5.41) is 1.42. The Morgan fingerprint density at radius 1 is 0.920 bits per heavy atom. The predicted molar refractivity (Wildman–Crippen MR) is 190 cm³/mol. The molecule has 50 heavy (non-hydrogen) atoms. The molecule has 0 unspecified atom stereocenters. The normalized spacial score (nSPS) is 16.1. The van der Waals surface area contributed by atoms with Crippen molar-refractivity contribution in [3.8, 4) is 28.3 Å². The molecule has 7 rings (SSSR count). The van der Waals surface area contributed by atoms with E-state index in [1.54, 1.807) is 55.4 Å². The number of hydrogen-bond acceptors (Lipinski definition) is 8. The number of aromatic amines is 1. The Morgan fingerprint density at radius 2 is 1.72 bits per heavy atom. The van der Waals surface area contributed by atoms with Crippen LogP contribution >= 0.6 is 0 Å². The largest absolute Gasteiger partial charge is 0.493 e. The number of likely N-dealkylation sites (tertiary alicyclic amines) is 2. The van der Waals surface area contributed by atoms with Crippen LogP contribution in [0.15, 0.2) is 93.8 Å². The monoisotopic (exact) mass is 676 g/mol. The summed E-state index contributed by atoms with van der Waals surface area (Å²) in [6.45, 7) is 4.26. The van der Waals surface area contributed by atoms with Gasteiger partial charge in [-0.25, -0.2) is 4.79 Å². The van der Waals surface area contributed by atoms with E-state index in [1.807, 2.05) is 35.4 Å². The number of nitrogens with zero attached hydrogens (tertiary/aromatic N) is 5. The van der Waals surface area contributed by atoms with Crippen LogP contribution < -0.4 is 26.3 Å². The van der Waals surface area contributed by atoms with Gasteiger partial charge in [-0.15, -0.1) is 0 Å². The second kappa shape index (κ2) is 14.2. The topological polar surface area (TPSA) is 132 Å². The number of nitrogens with one attached hydrogen (secondary N) is 1. The van der Waals surface area contributed by atoms with Gasteiger partial charge < -0.3 is 23.8 Å². The lowest BCUT2D eigenvalue weighted by atomic mass is 9.94. The molecule has 1 amide bonds. The summed E-state index contributed by atoms with van der Waals surface area (Å²) in [6, 6.07) is 16.0. The molecule has 1 N–H and O–H groups in total. The SMILES string of the molecule is COc1cc(-c2cn(C)c(=O)c3cnccc23)ccc1OC1CCN(CC2CCN(C(=O)c3cccc(-n4ccc(=O)[nH]c4=O)c3)CC2)CC1. The molecule has 12 nitrogen and oxygen atoms in total. The summed E-state index contributed by atoms with van der Waals surface area (Å²) >= 11 is 0. The third-order valence-corrected chi connectivity index (χ3v) is 9.90. The minimum Gasteiger partial charge on any atom is -0.493 e. The molecule has 258 valence electrons. The van der Waals surface area contributed by atoms with Gasteiger partial charge in [0.05, 0.1) is 18.2 Å². The summed E-state index contributed by atoms with van der Waals surface area (Å²) in [4.78, 5) is 60.5. The van der Waals surface area contributed by atoms with Gasteiger partial charge in [-0.2, -0.15) is 0 Å². The highest BCUT2D eigenvalue weighted by Gasteiger charge is 2.28. The van der Waals surface area contributed by atoms with E-state index in [0.717, 1.165) is 61.8 Å². The molecule has 2 saturated heterocycles. The molecule has 0 atom stereocenters. The van der Waals surface area contributed by atoms with Crippen molar-refractivity contribution >= 4 is 16.7 Å². The van der Waals surface area contributed by atoms with E-state index in [-0.39, 0.29) is 17.6 Å². The van der Waals surface area contributed by atoms with Gasteiger partial charge in [0, 0.05) is 81.8 Å². The molecule has 0 saturated carbocycles. The Hall–Kier alpha value is -5.49. The Labute approximate surface area is 288 Å². The summed E-state index contributed by atoms with van der Waals surface area (Å²) in [7, 11) is 3.39. The molecule has 0 spiro atoms. The number of aryl methyl sites for hydroxylation is 1. The van der Waals surface area contributed by atoms with E-state index in [2.05, 4.69) is 14.9 Å². The molecular formula is C38H40N6O6. The van der Waals surface area contributed by atoms with Crippen molar-refractivity contribution in [2.24, 2.45) is 13.0 Å². The number of ether oxygens (including phenoxy) is 2. The third-order valence-electron chi connectivity index (χ3n) is 9.90. The first-order valence-electron chi connectivity index (χ1n) is 17.0. The Balaban J connectivity index is 0.915. The number of H-pyrrole nitrogens is 1. The summed E-state index contributed by atoms with van der Waals surface area (Å²) in [5.74, 6) is 1.82. The fourth-order valence-corrected chi connectivity index (χ4v) is 7.14. The first-order chi connectivity index (χ1) is 24.3. The quantitative estimate of drug-likeness (QED) is 0.262. The van der Waals surface area contributed by atoms with Crippen molar-refractivity contribution < 1.29 is 14.3 Å². The standard InChI is InChI=1S/C38H40N6O6/c1-41-24-32(30-8-14-39-22-31(30)37(41)47)26-6-7-33(34(21-26)49-2)50-29-11-15-42(16-12-29)23-25-9-17-43(18-10-25)36(46)27-4-3-5-28(20-27)44-19-13-35(45)40-38(44)48/h3-8,13-14,19-22,24-25,29H,9-12,15-18,23H2,1-2H3,(H,40,45,48). The number of amides is 1. The number of carbonyl (C=O) groups is 1. The van der Waals surface area contributed by atoms with E-state index in [0.29, 0.717) is 47.1 Å². The lowest BCUT2D eigenvalue weighted by Crippen LogP contribution is -2.44. The average Bonchev–Trinajstić information content (AvgIpc) is 3.14. The molecule has 2 aromatic carbocycles. The van der Waals surface area contributed by atoms with E-state index in [1.165, 1.54) is 16.8 Å². The highest BCUT2D eigenvalue weighted by Crippen LogP contribution is 2.36. The van der Waals surface area contributed by atoms with Gasteiger partial charge in [0.2, 0.25) is 0 Å². The summed E-state index contributed by atoms with van der Waals surface area (Å²) in [5.41, 5.74) is 1.81. The fourth-order valence-electron chi connectivity index (χ4n) is 7.14. The second-order valence-corrected chi connectivity index (χ2v) is 13.1. The number of fused-ring (bicyclic) bond motifs is 1.